The molecule has 2 aromatic rings. The van der Waals surface area contributed by atoms with E-state index in [4.69, 9.17) is 0 Å². The fraction of sp³-hybridized carbons (Fsp3) is 0.471. The number of likely N-dealkylation sites (N-methyl/N-ethyl adjacent to an activating group) is 1. The highest BCUT2D eigenvalue weighted by Gasteiger charge is 2.13. The number of aromatic nitrogens is 2. The zero-order chi connectivity index (χ0) is 15.1. The van der Waals surface area contributed by atoms with Crippen molar-refractivity contribution in [1.82, 2.24) is 20.0 Å². The van der Waals surface area contributed by atoms with Gasteiger partial charge < -0.3 is 10.2 Å². The summed E-state index contributed by atoms with van der Waals surface area (Å²) in [7, 11) is 4.12. The van der Waals surface area contributed by atoms with Crippen molar-refractivity contribution in [3.05, 3.63) is 53.9 Å². The molecule has 1 aromatic carbocycles. The van der Waals surface area contributed by atoms with Crippen LogP contribution < -0.4 is 5.32 Å². The van der Waals surface area contributed by atoms with Crippen LogP contribution in [0, 0.1) is 0 Å². The fourth-order valence-electron chi connectivity index (χ4n) is 2.53. The van der Waals surface area contributed by atoms with Crippen LogP contribution in [0.5, 0.6) is 0 Å². The average Bonchev–Trinajstić information content (AvgIpc) is 2.89. The minimum Gasteiger partial charge on any atom is -0.309 e. The summed E-state index contributed by atoms with van der Waals surface area (Å²) in [4.78, 5) is 2.34. The highest BCUT2D eigenvalue weighted by molar-refractivity contribution is 5.19. The third-order valence-corrected chi connectivity index (χ3v) is 3.55. The molecule has 1 unspecified atom stereocenters. The third kappa shape index (κ3) is 4.99. The van der Waals surface area contributed by atoms with Gasteiger partial charge in [-0.25, -0.2) is 0 Å². The highest BCUT2D eigenvalue weighted by atomic mass is 15.2. The molecule has 0 aliphatic carbocycles. The number of rotatable bonds is 8. The molecule has 0 aliphatic heterocycles. The molecule has 1 atom stereocenters. The number of hydrogen-bond donors (Lipinski definition) is 1. The first-order valence-corrected chi connectivity index (χ1v) is 7.63. The van der Waals surface area contributed by atoms with Gasteiger partial charge >= 0.3 is 0 Å². The van der Waals surface area contributed by atoms with Crippen LogP contribution in [-0.2, 0) is 13.6 Å². The van der Waals surface area contributed by atoms with Crippen molar-refractivity contribution in [1.29, 1.82) is 0 Å². The number of benzene rings is 1. The average molecular weight is 286 g/mol. The molecule has 2 rings (SSSR count). The first-order chi connectivity index (χ1) is 10.2. The smallest absolute Gasteiger partial charge is 0.0534 e. The lowest BCUT2D eigenvalue weighted by Crippen LogP contribution is -2.33. The number of nitrogens with zero attached hydrogens (tertiary/aromatic N) is 3. The van der Waals surface area contributed by atoms with Crippen LogP contribution in [0.3, 0.4) is 0 Å². The molecule has 0 saturated carbocycles. The lowest BCUT2D eigenvalue weighted by Gasteiger charge is -2.25. The normalized spacial score (nSPS) is 12.8. The molecular weight excluding hydrogens is 260 g/mol. The summed E-state index contributed by atoms with van der Waals surface area (Å²) in [5.74, 6) is 0. The lowest BCUT2D eigenvalue weighted by molar-refractivity contribution is 0.283. The quantitative estimate of drug-likeness (QED) is 0.810. The third-order valence-electron chi connectivity index (χ3n) is 3.55. The van der Waals surface area contributed by atoms with Gasteiger partial charge in [0.2, 0.25) is 0 Å². The predicted octanol–water partition coefficient (Wildman–Crippen LogP) is 2.59. The molecule has 0 saturated heterocycles. The summed E-state index contributed by atoms with van der Waals surface area (Å²) in [5.41, 5.74) is 2.60. The fourth-order valence-corrected chi connectivity index (χ4v) is 2.53. The Labute approximate surface area is 127 Å². The molecule has 0 aliphatic rings. The van der Waals surface area contributed by atoms with Gasteiger partial charge in [-0.05, 0) is 25.6 Å². The minimum absolute atomic E-state index is 0.368. The van der Waals surface area contributed by atoms with E-state index in [1.165, 1.54) is 11.1 Å². The Morgan fingerprint density at radius 1 is 1.29 bits per heavy atom. The Balaban J connectivity index is 1.97. The molecule has 0 spiro atoms. The second-order valence-electron chi connectivity index (χ2n) is 5.64. The first kappa shape index (κ1) is 15.7. The van der Waals surface area contributed by atoms with Crippen molar-refractivity contribution in [3.8, 4) is 0 Å². The van der Waals surface area contributed by atoms with E-state index in [0.717, 1.165) is 26.1 Å². The van der Waals surface area contributed by atoms with E-state index in [1.54, 1.807) is 0 Å². The summed E-state index contributed by atoms with van der Waals surface area (Å²) < 4.78 is 1.85. The van der Waals surface area contributed by atoms with Crippen molar-refractivity contribution < 1.29 is 0 Å². The predicted molar refractivity (Wildman–Crippen MR) is 87.0 cm³/mol. The summed E-state index contributed by atoms with van der Waals surface area (Å²) in [6, 6.07) is 11.1. The molecule has 1 N–H and O–H groups in total. The van der Waals surface area contributed by atoms with Gasteiger partial charge in [0.05, 0.1) is 6.20 Å². The Kier molecular flexibility index (Phi) is 5.96. The monoisotopic (exact) mass is 286 g/mol. The van der Waals surface area contributed by atoms with E-state index in [1.807, 2.05) is 17.9 Å². The van der Waals surface area contributed by atoms with E-state index >= 15 is 0 Å². The van der Waals surface area contributed by atoms with Crippen molar-refractivity contribution in [2.45, 2.75) is 25.9 Å². The maximum absolute atomic E-state index is 4.23. The van der Waals surface area contributed by atoms with Gasteiger partial charge in [-0.1, -0.05) is 37.3 Å². The Hall–Kier alpha value is -1.65. The van der Waals surface area contributed by atoms with Crippen LogP contribution in [0.2, 0.25) is 0 Å². The second-order valence-corrected chi connectivity index (χ2v) is 5.64. The Bertz CT molecular complexity index is 521. The molecule has 0 radical (unpaired) electrons. The van der Waals surface area contributed by atoms with Gasteiger partial charge in [0, 0.05) is 37.9 Å². The lowest BCUT2D eigenvalue weighted by atomic mass is 10.1. The standard InChI is InChI=1S/C17H26N4/c1-4-10-18-17(16-8-6-5-7-9-16)14-20(2)12-15-11-19-21(3)13-15/h5-9,11,13,17-18H,4,10,12,14H2,1-3H3. The molecule has 1 heterocycles. The highest BCUT2D eigenvalue weighted by Crippen LogP contribution is 2.15. The summed E-state index contributed by atoms with van der Waals surface area (Å²) in [6.45, 7) is 5.15. The van der Waals surface area contributed by atoms with Gasteiger partial charge in [-0.15, -0.1) is 0 Å². The molecule has 1 aromatic heterocycles. The maximum atomic E-state index is 4.23. The first-order valence-electron chi connectivity index (χ1n) is 7.63. The number of nitrogens with one attached hydrogen (secondary N) is 1. The summed E-state index contributed by atoms with van der Waals surface area (Å²) in [6.07, 6.45) is 5.16. The van der Waals surface area contributed by atoms with E-state index in [9.17, 15) is 0 Å². The van der Waals surface area contributed by atoms with Crippen LogP contribution in [0.15, 0.2) is 42.7 Å². The van der Waals surface area contributed by atoms with Crippen molar-refractivity contribution in [3.63, 3.8) is 0 Å². The van der Waals surface area contributed by atoms with E-state index in [0.29, 0.717) is 6.04 Å². The largest absolute Gasteiger partial charge is 0.309 e. The van der Waals surface area contributed by atoms with Gasteiger partial charge in [0.1, 0.15) is 0 Å². The molecular formula is C17H26N4. The van der Waals surface area contributed by atoms with Crippen molar-refractivity contribution in [2.24, 2.45) is 7.05 Å². The van der Waals surface area contributed by atoms with E-state index < -0.39 is 0 Å². The van der Waals surface area contributed by atoms with E-state index in [-0.39, 0.29) is 0 Å². The SMILES string of the molecule is CCCNC(CN(C)Cc1cnn(C)c1)c1ccccc1. The van der Waals surface area contributed by atoms with Crippen LogP contribution in [0.4, 0.5) is 0 Å². The second kappa shape index (κ2) is 7.96. The van der Waals surface area contributed by atoms with Crippen molar-refractivity contribution in [2.75, 3.05) is 20.1 Å². The zero-order valence-corrected chi connectivity index (χ0v) is 13.3. The van der Waals surface area contributed by atoms with Crippen LogP contribution in [-0.4, -0.2) is 34.8 Å². The minimum atomic E-state index is 0.368. The molecule has 0 bridgehead atoms. The summed E-state index contributed by atoms with van der Waals surface area (Å²) >= 11 is 0. The Morgan fingerprint density at radius 2 is 2.05 bits per heavy atom. The molecule has 114 valence electrons. The molecule has 21 heavy (non-hydrogen) atoms. The van der Waals surface area contributed by atoms with Crippen LogP contribution in [0.25, 0.3) is 0 Å². The Morgan fingerprint density at radius 3 is 2.67 bits per heavy atom. The van der Waals surface area contributed by atoms with Gasteiger partial charge in [-0.2, -0.15) is 5.10 Å². The van der Waals surface area contributed by atoms with Crippen LogP contribution >= 0.6 is 0 Å². The van der Waals surface area contributed by atoms with Crippen LogP contribution in [0.1, 0.15) is 30.5 Å². The molecule has 4 nitrogen and oxygen atoms in total. The zero-order valence-electron chi connectivity index (χ0n) is 13.3. The van der Waals surface area contributed by atoms with Gasteiger partial charge in [-0.3, -0.25) is 4.68 Å². The summed E-state index contributed by atoms with van der Waals surface area (Å²) in [5, 5.41) is 7.88. The maximum Gasteiger partial charge on any atom is 0.0534 e. The number of hydrogen-bond acceptors (Lipinski definition) is 3. The molecule has 0 amide bonds. The van der Waals surface area contributed by atoms with Gasteiger partial charge in [0.25, 0.3) is 0 Å². The van der Waals surface area contributed by atoms with Gasteiger partial charge in [0.15, 0.2) is 0 Å². The topological polar surface area (TPSA) is 33.1 Å². The molecule has 0 fully saturated rings. The van der Waals surface area contributed by atoms with Crippen molar-refractivity contribution >= 4 is 0 Å². The van der Waals surface area contributed by atoms with E-state index in [2.05, 4.69) is 65.8 Å². The molecule has 4 heteroatoms. The number of aryl methyl sites for hydroxylation is 1.